The first-order valence-electron chi connectivity index (χ1n) is 7.75. The first kappa shape index (κ1) is 13.4. The molecule has 4 unspecified atom stereocenters. The molecule has 4 atom stereocenters. The Balaban J connectivity index is 2.13. The molecule has 0 aromatic rings. The van der Waals surface area contributed by atoms with Crippen LogP contribution in [0.5, 0.6) is 0 Å². The van der Waals surface area contributed by atoms with Crippen LogP contribution in [-0.4, -0.2) is 0 Å². The molecule has 0 aromatic carbocycles. The molecule has 0 aromatic heterocycles. The smallest absolute Gasteiger partial charge is 0.0235 e. The molecule has 2 saturated carbocycles. The lowest BCUT2D eigenvalue weighted by Gasteiger charge is -2.45. The van der Waals surface area contributed by atoms with Gasteiger partial charge < -0.3 is 0 Å². The molecule has 0 saturated heterocycles. The Morgan fingerprint density at radius 3 is 2.35 bits per heavy atom. The minimum Gasteiger partial charge on any atom is -0.0649 e. The van der Waals surface area contributed by atoms with Crippen LogP contribution in [0.3, 0.4) is 0 Å². The van der Waals surface area contributed by atoms with Crippen molar-refractivity contribution in [3.8, 4) is 0 Å². The Morgan fingerprint density at radius 1 is 1.18 bits per heavy atom. The van der Waals surface area contributed by atoms with E-state index >= 15 is 0 Å². The van der Waals surface area contributed by atoms with E-state index in [0.717, 1.165) is 11.8 Å². The van der Waals surface area contributed by atoms with Gasteiger partial charge in [0.25, 0.3) is 0 Å². The molecule has 2 aliphatic carbocycles. The van der Waals surface area contributed by atoms with E-state index in [-0.39, 0.29) is 0 Å². The standard InChI is InChI=1S/C17H32/c1-7-15(3,4)14-12-17(14,6)16(5)10-8-9-13(2)11-16/h13-14H,7-12H2,1-6H3. The minimum atomic E-state index is 0.554. The fourth-order valence-electron chi connectivity index (χ4n) is 4.75. The zero-order valence-electron chi connectivity index (χ0n) is 12.9. The average Bonchev–Trinajstić information content (AvgIpc) is 2.93. The summed E-state index contributed by atoms with van der Waals surface area (Å²) in [6.07, 6.45) is 8.69. The van der Waals surface area contributed by atoms with E-state index in [0.29, 0.717) is 16.2 Å². The highest BCUT2D eigenvalue weighted by Crippen LogP contribution is 2.72. The second kappa shape index (κ2) is 4.00. The predicted octanol–water partition coefficient (Wildman–Crippen LogP) is 5.67. The highest BCUT2D eigenvalue weighted by atomic mass is 14.7. The van der Waals surface area contributed by atoms with Gasteiger partial charge in [-0.25, -0.2) is 0 Å². The Hall–Kier alpha value is 0. The molecular formula is C17H32. The predicted molar refractivity (Wildman–Crippen MR) is 76.0 cm³/mol. The number of rotatable bonds is 3. The lowest BCUT2D eigenvalue weighted by atomic mass is 9.60. The van der Waals surface area contributed by atoms with Crippen LogP contribution in [0, 0.1) is 28.1 Å². The number of hydrogen-bond donors (Lipinski definition) is 0. The second-order valence-corrected chi connectivity index (χ2v) is 8.28. The van der Waals surface area contributed by atoms with Gasteiger partial charge in [-0.05, 0) is 47.3 Å². The second-order valence-electron chi connectivity index (χ2n) is 8.28. The molecule has 0 N–H and O–H groups in total. The highest BCUT2D eigenvalue weighted by Gasteiger charge is 2.64. The monoisotopic (exact) mass is 236 g/mol. The molecule has 17 heavy (non-hydrogen) atoms. The Bertz CT molecular complexity index is 290. The summed E-state index contributed by atoms with van der Waals surface area (Å²) in [7, 11) is 0. The maximum absolute atomic E-state index is 2.59. The third-order valence-electron chi connectivity index (χ3n) is 6.69. The third kappa shape index (κ3) is 2.06. The fourth-order valence-corrected chi connectivity index (χ4v) is 4.75. The molecule has 0 aliphatic heterocycles. The van der Waals surface area contributed by atoms with Crippen molar-refractivity contribution in [3.63, 3.8) is 0 Å². The summed E-state index contributed by atoms with van der Waals surface area (Å²) >= 11 is 0. The largest absolute Gasteiger partial charge is 0.0649 e. The molecule has 0 spiro atoms. The molecule has 100 valence electrons. The van der Waals surface area contributed by atoms with E-state index in [9.17, 15) is 0 Å². The van der Waals surface area contributed by atoms with Crippen molar-refractivity contribution in [1.29, 1.82) is 0 Å². The van der Waals surface area contributed by atoms with Gasteiger partial charge in [-0.15, -0.1) is 0 Å². The zero-order chi connectivity index (χ0) is 12.9. The summed E-state index contributed by atoms with van der Waals surface area (Å²) in [6, 6.07) is 0. The molecule has 0 heterocycles. The Kier molecular flexibility index (Phi) is 3.16. The van der Waals surface area contributed by atoms with Gasteiger partial charge in [0.05, 0.1) is 0 Å². The summed E-state index contributed by atoms with van der Waals surface area (Å²) < 4.78 is 0. The van der Waals surface area contributed by atoms with Gasteiger partial charge in [-0.1, -0.05) is 60.8 Å². The third-order valence-corrected chi connectivity index (χ3v) is 6.69. The van der Waals surface area contributed by atoms with E-state index in [1.807, 2.05) is 0 Å². The van der Waals surface area contributed by atoms with Crippen molar-refractivity contribution in [2.75, 3.05) is 0 Å². The van der Waals surface area contributed by atoms with E-state index < -0.39 is 0 Å². The molecule has 0 radical (unpaired) electrons. The Morgan fingerprint density at radius 2 is 1.82 bits per heavy atom. The van der Waals surface area contributed by atoms with Crippen molar-refractivity contribution < 1.29 is 0 Å². The van der Waals surface area contributed by atoms with Crippen LogP contribution >= 0.6 is 0 Å². The summed E-state index contributed by atoms with van der Waals surface area (Å²) in [5.74, 6) is 1.92. The van der Waals surface area contributed by atoms with Crippen molar-refractivity contribution in [2.24, 2.45) is 28.1 Å². The summed E-state index contributed by atoms with van der Waals surface area (Å²) in [4.78, 5) is 0. The van der Waals surface area contributed by atoms with Crippen molar-refractivity contribution in [3.05, 3.63) is 0 Å². The van der Waals surface area contributed by atoms with E-state index in [4.69, 9.17) is 0 Å². The van der Waals surface area contributed by atoms with E-state index in [1.165, 1.54) is 38.5 Å². The van der Waals surface area contributed by atoms with E-state index in [1.54, 1.807) is 0 Å². The average molecular weight is 236 g/mol. The van der Waals surface area contributed by atoms with Crippen LogP contribution in [0.2, 0.25) is 0 Å². The minimum absolute atomic E-state index is 0.554. The van der Waals surface area contributed by atoms with Crippen molar-refractivity contribution in [2.45, 2.75) is 80.1 Å². The Labute approximate surface area is 109 Å². The lowest BCUT2D eigenvalue weighted by Crippen LogP contribution is -2.35. The molecular weight excluding hydrogens is 204 g/mol. The summed E-state index contributed by atoms with van der Waals surface area (Å²) in [6.45, 7) is 15.0. The van der Waals surface area contributed by atoms with Gasteiger partial charge in [0.1, 0.15) is 0 Å². The van der Waals surface area contributed by atoms with E-state index in [2.05, 4.69) is 41.5 Å². The van der Waals surface area contributed by atoms with Gasteiger partial charge >= 0.3 is 0 Å². The summed E-state index contributed by atoms with van der Waals surface area (Å²) in [5, 5.41) is 0. The molecule has 0 nitrogen and oxygen atoms in total. The van der Waals surface area contributed by atoms with Gasteiger partial charge in [-0.2, -0.15) is 0 Å². The van der Waals surface area contributed by atoms with Crippen LogP contribution in [0.25, 0.3) is 0 Å². The topological polar surface area (TPSA) is 0 Å². The molecule has 2 aliphatic rings. The summed E-state index contributed by atoms with van der Waals surface area (Å²) in [5.41, 5.74) is 1.82. The lowest BCUT2D eigenvalue weighted by molar-refractivity contribution is 0.0521. The van der Waals surface area contributed by atoms with Crippen LogP contribution in [0.4, 0.5) is 0 Å². The molecule has 2 fully saturated rings. The van der Waals surface area contributed by atoms with Crippen LogP contribution < -0.4 is 0 Å². The van der Waals surface area contributed by atoms with Crippen LogP contribution in [0.15, 0.2) is 0 Å². The zero-order valence-corrected chi connectivity index (χ0v) is 12.9. The fraction of sp³-hybridized carbons (Fsp3) is 1.00. The van der Waals surface area contributed by atoms with Gasteiger partial charge in [0.2, 0.25) is 0 Å². The van der Waals surface area contributed by atoms with Crippen LogP contribution in [-0.2, 0) is 0 Å². The molecule has 0 bridgehead atoms. The van der Waals surface area contributed by atoms with Crippen molar-refractivity contribution in [1.82, 2.24) is 0 Å². The molecule has 2 rings (SSSR count). The first-order valence-corrected chi connectivity index (χ1v) is 7.75. The van der Waals surface area contributed by atoms with Gasteiger partial charge in [-0.3, -0.25) is 0 Å². The maximum atomic E-state index is 2.59. The normalized spacial score (nSPS) is 46.9. The van der Waals surface area contributed by atoms with Crippen LogP contribution in [0.1, 0.15) is 80.1 Å². The highest BCUT2D eigenvalue weighted by molar-refractivity contribution is 5.13. The first-order chi connectivity index (χ1) is 7.75. The molecule has 0 amide bonds. The SMILES string of the molecule is CCC(C)(C)C1CC1(C)C1(C)CCCC(C)C1. The quantitative estimate of drug-likeness (QED) is 0.592. The molecule has 0 heteroatoms. The van der Waals surface area contributed by atoms with Gasteiger partial charge in [0.15, 0.2) is 0 Å². The number of hydrogen-bond acceptors (Lipinski definition) is 0. The van der Waals surface area contributed by atoms with Gasteiger partial charge in [0, 0.05) is 0 Å². The maximum Gasteiger partial charge on any atom is -0.0235 e. The van der Waals surface area contributed by atoms with Crippen molar-refractivity contribution >= 4 is 0 Å².